The number of carbonyl (C=O) groups is 1. The van der Waals surface area contributed by atoms with Crippen molar-refractivity contribution in [2.45, 2.75) is 25.4 Å². The summed E-state index contributed by atoms with van der Waals surface area (Å²) < 4.78 is 11.3. The lowest BCUT2D eigenvalue weighted by molar-refractivity contribution is 0.0697. The summed E-state index contributed by atoms with van der Waals surface area (Å²) in [6, 6.07) is 8.33. The van der Waals surface area contributed by atoms with E-state index in [0.29, 0.717) is 34.2 Å². The summed E-state index contributed by atoms with van der Waals surface area (Å²) in [5.41, 5.74) is 2.35. The van der Waals surface area contributed by atoms with Gasteiger partial charge in [0.25, 0.3) is 0 Å². The number of hydrogen-bond donors (Lipinski definition) is 1. The highest BCUT2D eigenvalue weighted by Crippen LogP contribution is 2.40. The van der Waals surface area contributed by atoms with Gasteiger partial charge < -0.3 is 14.3 Å². The predicted molar refractivity (Wildman–Crippen MR) is 86.2 cm³/mol. The van der Waals surface area contributed by atoms with E-state index in [2.05, 4.69) is 16.0 Å². The highest BCUT2D eigenvalue weighted by Gasteiger charge is 2.26. The number of ether oxygens (including phenoxy) is 1. The quantitative estimate of drug-likeness (QED) is 0.762. The monoisotopic (exact) mass is 335 g/mol. The normalized spacial score (nSPS) is 13.6. The first-order valence-corrected chi connectivity index (χ1v) is 7.79. The Morgan fingerprint density at radius 2 is 2.24 bits per heavy atom. The van der Waals surface area contributed by atoms with Crippen LogP contribution in [0.15, 0.2) is 34.9 Å². The molecule has 25 heavy (non-hydrogen) atoms. The fourth-order valence-electron chi connectivity index (χ4n) is 2.56. The molecule has 2 aromatic heterocycles. The second kappa shape index (κ2) is 5.91. The van der Waals surface area contributed by atoms with Crippen LogP contribution in [0.4, 0.5) is 0 Å². The van der Waals surface area contributed by atoms with Gasteiger partial charge in [0.1, 0.15) is 22.9 Å². The van der Waals surface area contributed by atoms with Crippen molar-refractivity contribution in [3.8, 4) is 11.8 Å². The fraction of sp³-hybridized carbons (Fsp3) is 0.222. The zero-order valence-corrected chi connectivity index (χ0v) is 13.1. The fourth-order valence-corrected chi connectivity index (χ4v) is 2.56. The predicted octanol–water partition coefficient (Wildman–Crippen LogP) is 3.25. The van der Waals surface area contributed by atoms with Gasteiger partial charge in [0.2, 0.25) is 5.89 Å². The van der Waals surface area contributed by atoms with Gasteiger partial charge in [-0.15, -0.1) is 0 Å². The molecule has 0 aliphatic heterocycles. The average Bonchev–Trinajstić information content (AvgIpc) is 3.38. The molecular formula is C18H13N3O4. The molecule has 1 N–H and O–H groups in total. The lowest BCUT2D eigenvalue weighted by Crippen LogP contribution is -1.99. The lowest BCUT2D eigenvalue weighted by atomic mass is 10.2. The molecule has 3 aromatic rings. The molecule has 124 valence electrons. The van der Waals surface area contributed by atoms with Crippen LogP contribution < -0.4 is 4.74 Å². The number of carboxylic acid groups (broad SMARTS) is 1. The summed E-state index contributed by atoms with van der Waals surface area (Å²) in [5.74, 6) is 0.187. The van der Waals surface area contributed by atoms with Gasteiger partial charge in [-0.25, -0.2) is 9.78 Å². The Bertz CT molecular complexity index is 1010. The molecule has 1 aromatic carbocycles. The van der Waals surface area contributed by atoms with E-state index in [4.69, 9.17) is 14.3 Å². The number of aromatic nitrogens is 2. The van der Waals surface area contributed by atoms with Crippen molar-refractivity contribution < 1.29 is 19.1 Å². The van der Waals surface area contributed by atoms with Crippen LogP contribution in [0.3, 0.4) is 0 Å². The second-order valence-corrected chi connectivity index (χ2v) is 5.88. The van der Waals surface area contributed by atoms with Crippen LogP contribution in [0.1, 0.15) is 46.3 Å². The molecule has 4 rings (SSSR count). The number of oxazole rings is 1. The molecule has 0 saturated heterocycles. The van der Waals surface area contributed by atoms with E-state index in [1.807, 2.05) is 0 Å². The second-order valence-electron chi connectivity index (χ2n) is 5.88. The molecule has 0 spiro atoms. The summed E-state index contributed by atoms with van der Waals surface area (Å²) in [5, 5.41) is 18.2. The molecule has 0 unspecified atom stereocenters. The van der Waals surface area contributed by atoms with Crippen molar-refractivity contribution >= 4 is 17.1 Å². The maximum Gasteiger partial charge on any atom is 0.335 e. The molecule has 0 bridgehead atoms. The maximum atomic E-state index is 11.0. The number of hydrogen-bond acceptors (Lipinski definition) is 6. The number of benzene rings is 1. The number of nitrogens with zero attached hydrogens (tertiary/aromatic N) is 3. The highest BCUT2D eigenvalue weighted by atomic mass is 16.5. The Hall–Kier alpha value is -3.40. The Balaban J connectivity index is 1.57. The largest absolute Gasteiger partial charge is 0.482 e. The van der Waals surface area contributed by atoms with Crippen molar-refractivity contribution in [3.63, 3.8) is 0 Å². The smallest absolute Gasteiger partial charge is 0.335 e. The van der Waals surface area contributed by atoms with Crippen LogP contribution in [0.2, 0.25) is 0 Å². The molecule has 1 aliphatic carbocycles. The number of pyridine rings is 1. The van der Waals surface area contributed by atoms with Crippen LogP contribution in [0, 0.1) is 11.3 Å². The molecule has 0 atom stereocenters. The van der Waals surface area contributed by atoms with E-state index in [1.54, 1.807) is 12.1 Å². The number of rotatable bonds is 5. The van der Waals surface area contributed by atoms with Crippen molar-refractivity contribution in [2.24, 2.45) is 0 Å². The Kier molecular flexibility index (Phi) is 3.58. The lowest BCUT2D eigenvalue weighted by Gasteiger charge is -2.07. The third kappa shape index (κ3) is 3.02. The van der Waals surface area contributed by atoms with E-state index >= 15 is 0 Å². The average molecular weight is 335 g/mol. The van der Waals surface area contributed by atoms with Gasteiger partial charge in [-0.1, -0.05) is 0 Å². The molecule has 7 nitrogen and oxygen atoms in total. The van der Waals surface area contributed by atoms with E-state index in [-0.39, 0.29) is 12.2 Å². The topological polar surface area (TPSA) is 109 Å². The summed E-state index contributed by atoms with van der Waals surface area (Å²) in [7, 11) is 0. The van der Waals surface area contributed by atoms with Crippen molar-refractivity contribution in [1.29, 1.82) is 5.26 Å². The van der Waals surface area contributed by atoms with E-state index < -0.39 is 5.97 Å². The van der Waals surface area contributed by atoms with Crippen molar-refractivity contribution in [1.82, 2.24) is 9.97 Å². The van der Waals surface area contributed by atoms with E-state index in [0.717, 1.165) is 18.5 Å². The molecular weight excluding hydrogens is 322 g/mol. The summed E-state index contributed by atoms with van der Waals surface area (Å²) in [6.45, 7) is 0.0416. The van der Waals surface area contributed by atoms with E-state index in [1.165, 1.54) is 18.3 Å². The standard InChI is InChI=1S/C18H13N3O4/c19-7-12-8-20-14(10-1-2-10)6-15(12)24-9-17-21-13-4-3-11(18(22)23)5-16(13)25-17/h3-6,8,10H,1-2,9H2,(H,22,23). The van der Waals surface area contributed by atoms with E-state index in [9.17, 15) is 10.1 Å². The summed E-state index contributed by atoms with van der Waals surface area (Å²) in [4.78, 5) is 19.6. The van der Waals surface area contributed by atoms with Gasteiger partial charge >= 0.3 is 5.97 Å². The van der Waals surface area contributed by atoms with Gasteiger partial charge in [0.15, 0.2) is 12.2 Å². The van der Waals surface area contributed by atoms with Gasteiger partial charge in [0, 0.05) is 23.9 Å². The Morgan fingerprint density at radius 1 is 1.40 bits per heavy atom. The summed E-state index contributed by atoms with van der Waals surface area (Å²) in [6.07, 6.45) is 3.74. The first-order chi connectivity index (χ1) is 12.1. The minimum Gasteiger partial charge on any atom is -0.482 e. The molecule has 1 aliphatic rings. The Morgan fingerprint density at radius 3 is 2.96 bits per heavy atom. The molecule has 1 saturated carbocycles. The van der Waals surface area contributed by atoms with Crippen LogP contribution in [0.25, 0.3) is 11.1 Å². The van der Waals surface area contributed by atoms with Crippen molar-refractivity contribution in [3.05, 3.63) is 53.2 Å². The zero-order chi connectivity index (χ0) is 17.4. The van der Waals surface area contributed by atoms with Gasteiger partial charge in [-0.2, -0.15) is 5.26 Å². The minimum atomic E-state index is -1.03. The number of nitriles is 1. The molecule has 1 fully saturated rings. The SMILES string of the molecule is N#Cc1cnc(C2CC2)cc1OCc1nc2ccc(C(=O)O)cc2o1. The number of aromatic carboxylic acids is 1. The number of carboxylic acids is 1. The first-order valence-electron chi connectivity index (χ1n) is 7.79. The van der Waals surface area contributed by atoms with Gasteiger partial charge in [0.05, 0.1) is 5.56 Å². The van der Waals surface area contributed by atoms with Crippen LogP contribution in [0.5, 0.6) is 5.75 Å². The highest BCUT2D eigenvalue weighted by molar-refractivity contribution is 5.91. The maximum absolute atomic E-state index is 11.0. The minimum absolute atomic E-state index is 0.0416. The summed E-state index contributed by atoms with van der Waals surface area (Å²) >= 11 is 0. The number of fused-ring (bicyclic) bond motifs is 1. The van der Waals surface area contributed by atoms with Gasteiger partial charge in [-0.3, -0.25) is 4.98 Å². The van der Waals surface area contributed by atoms with Gasteiger partial charge in [-0.05, 0) is 31.0 Å². The molecule has 0 radical (unpaired) electrons. The Labute approximate surface area is 142 Å². The molecule has 0 amide bonds. The van der Waals surface area contributed by atoms with Crippen LogP contribution in [-0.2, 0) is 6.61 Å². The molecule has 2 heterocycles. The molecule has 7 heteroatoms. The first kappa shape index (κ1) is 15.1. The van der Waals surface area contributed by atoms with Crippen LogP contribution >= 0.6 is 0 Å². The zero-order valence-electron chi connectivity index (χ0n) is 13.1. The third-order valence-electron chi connectivity index (χ3n) is 4.03. The van der Waals surface area contributed by atoms with Crippen LogP contribution in [-0.4, -0.2) is 21.0 Å². The third-order valence-corrected chi connectivity index (χ3v) is 4.03. The van der Waals surface area contributed by atoms with Crippen molar-refractivity contribution in [2.75, 3.05) is 0 Å².